The van der Waals surface area contributed by atoms with Crippen LogP contribution in [0.1, 0.15) is 28.9 Å². The molecule has 0 aromatic carbocycles. The van der Waals surface area contributed by atoms with E-state index in [1.165, 1.54) is 0 Å². The van der Waals surface area contributed by atoms with E-state index in [9.17, 15) is 4.79 Å². The molecule has 0 radical (unpaired) electrons. The third kappa shape index (κ3) is 3.54. The molecule has 6 heteroatoms. The topological polar surface area (TPSA) is 80.0 Å². The lowest BCUT2D eigenvalue weighted by atomic mass is 10.3. The van der Waals surface area contributed by atoms with E-state index in [1.54, 1.807) is 12.1 Å². The first-order valence-electron chi connectivity index (χ1n) is 6.10. The minimum atomic E-state index is -0.274. The summed E-state index contributed by atoms with van der Waals surface area (Å²) in [6.45, 7) is 4.92. The van der Waals surface area contributed by atoms with Crippen molar-refractivity contribution >= 4 is 11.7 Å². The minimum Gasteiger partial charge on any atom is -0.465 e. The predicted molar refractivity (Wildman–Crippen MR) is 70.8 cm³/mol. The van der Waals surface area contributed by atoms with Gasteiger partial charge < -0.3 is 15.1 Å². The predicted octanol–water partition coefficient (Wildman–Crippen LogP) is 1.74. The van der Waals surface area contributed by atoms with Gasteiger partial charge >= 0.3 is 0 Å². The Balaban J connectivity index is 1.92. The van der Waals surface area contributed by atoms with Crippen LogP contribution in [0.5, 0.6) is 0 Å². The zero-order chi connectivity index (χ0) is 13.7. The van der Waals surface area contributed by atoms with Crippen LogP contribution in [0.4, 0.5) is 5.82 Å². The summed E-state index contributed by atoms with van der Waals surface area (Å²) in [5, 5.41) is 13.5. The Labute approximate surface area is 111 Å². The van der Waals surface area contributed by atoms with Gasteiger partial charge in [0.15, 0.2) is 5.69 Å². The van der Waals surface area contributed by atoms with Crippen LogP contribution in [0.25, 0.3) is 0 Å². The molecule has 0 aliphatic carbocycles. The molecule has 100 valence electrons. The second kappa shape index (κ2) is 5.99. The normalized spacial score (nSPS) is 10.2. The van der Waals surface area contributed by atoms with Crippen LogP contribution in [0.3, 0.4) is 0 Å². The van der Waals surface area contributed by atoms with Crippen LogP contribution in [-0.2, 0) is 6.54 Å². The summed E-state index contributed by atoms with van der Waals surface area (Å²) < 4.78 is 5.36. The quantitative estimate of drug-likeness (QED) is 0.856. The average molecular weight is 260 g/mol. The third-order valence-electron chi connectivity index (χ3n) is 2.47. The van der Waals surface area contributed by atoms with Gasteiger partial charge in [-0.25, -0.2) is 0 Å². The number of furan rings is 1. The summed E-state index contributed by atoms with van der Waals surface area (Å²) in [6, 6.07) is 7.04. The van der Waals surface area contributed by atoms with Crippen LogP contribution in [0, 0.1) is 6.92 Å². The lowest BCUT2D eigenvalue weighted by Crippen LogP contribution is -2.24. The van der Waals surface area contributed by atoms with Gasteiger partial charge in [-0.05, 0) is 38.1 Å². The Kier molecular flexibility index (Phi) is 4.12. The molecule has 0 saturated heterocycles. The van der Waals surface area contributed by atoms with E-state index in [0.29, 0.717) is 18.1 Å². The number of amides is 1. The molecule has 0 fully saturated rings. The molecule has 2 rings (SSSR count). The first kappa shape index (κ1) is 13.1. The van der Waals surface area contributed by atoms with E-state index in [-0.39, 0.29) is 11.6 Å². The summed E-state index contributed by atoms with van der Waals surface area (Å²) in [4.78, 5) is 11.8. The number of hydrogen-bond acceptors (Lipinski definition) is 5. The number of aromatic nitrogens is 2. The molecule has 0 atom stereocenters. The Hall–Kier alpha value is -2.37. The maximum atomic E-state index is 11.8. The molecule has 0 unspecified atom stereocenters. The molecule has 0 bridgehead atoms. The fraction of sp³-hybridized carbons (Fsp3) is 0.308. The van der Waals surface area contributed by atoms with Gasteiger partial charge in [0.2, 0.25) is 0 Å². The SMILES string of the molecule is CCNc1ccc(C(=O)NCc2ccc(C)o2)nn1. The van der Waals surface area contributed by atoms with Crippen LogP contribution < -0.4 is 10.6 Å². The maximum absolute atomic E-state index is 11.8. The average Bonchev–Trinajstić information content (AvgIpc) is 2.83. The Bertz CT molecular complexity index is 548. The zero-order valence-corrected chi connectivity index (χ0v) is 10.9. The van der Waals surface area contributed by atoms with Gasteiger partial charge in [-0.1, -0.05) is 0 Å². The third-order valence-corrected chi connectivity index (χ3v) is 2.47. The number of aryl methyl sites for hydroxylation is 1. The summed E-state index contributed by atoms with van der Waals surface area (Å²) >= 11 is 0. The summed E-state index contributed by atoms with van der Waals surface area (Å²) in [5.41, 5.74) is 0.282. The molecule has 19 heavy (non-hydrogen) atoms. The largest absolute Gasteiger partial charge is 0.465 e. The molecule has 0 aliphatic heterocycles. The lowest BCUT2D eigenvalue weighted by molar-refractivity contribution is 0.0942. The second-order valence-corrected chi connectivity index (χ2v) is 4.03. The molecule has 2 aromatic rings. The smallest absolute Gasteiger partial charge is 0.272 e. The molecule has 2 aromatic heterocycles. The highest BCUT2D eigenvalue weighted by Gasteiger charge is 2.08. The van der Waals surface area contributed by atoms with Crippen molar-refractivity contribution in [3.63, 3.8) is 0 Å². The Morgan fingerprint density at radius 2 is 2.11 bits per heavy atom. The number of nitrogens with zero attached hydrogens (tertiary/aromatic N) is 2. The number of anilines is 1. The van der Waals surface area contributed by atoms with Crippen molar-refractivity contribution in [2.45, 2.75) is 20.4 Å². The van der Waals surface area contributed by atoms with Crippen molar-refractivity contribution < 1.29 is 9.21 Å². The van der Waals surface area contributed by atoms with Crippen molar-refractivity contribution in [3.05, 3.63) is 41.5 Å². The van der Waals surface area contributed by atoms with Crippen molar-refractivity contribution in [2.75, 3.05) is 11.9 Å². The fourth-order valence-electron chi connectivity index (χ4n) is 1.57. The molecular formula is C13H16N4O2. The molecular weight excluding hydrogens is 244 g/mol. The van der Waals surface area contributed by atoms with E-state index < -0.39 is 0 Å². The van der Waals surface area contributed by atoms with Crippen molar-refractivity contribution in [2.24, 2.45) is 0 Å². The van der Waals surface area contributed by atoms with E-state index >= 15 is 0 Å². The minimum absolute atomic E-state index is 0.274. The molecule has 0 aliphatic rings. The first-order valence-corrected chi connectivity index (χ1v) is 6.10. The molecule has 2 N–H and O–H groups in total. The maximum Gasteiger partial charge on any atom is 0.272 e. The highest BCUT2D eigenvalue weighted by atomic mass is 16.3. The molecule has 1 amide bonds. The number of carbonyl (C=O) groups excluding carboxylic acids is 1. The zero-order valence-electron chi connectivity index (χ0n) is 10.9. The fourth-order valence-corrected chi connectivity index (χ4v) is 1.57. The summed E-state index contributed by atoms with van der Waals surface area (Å²) in [6.07, 6.45) is 0. The van der Waals surface area contributed by atoms with Crippen LogP contribution in [0.2, 0.25) is 0 Å². The van der Waals surface area contributed by atoms with E-state index in [4.69, 9.17) is 4.42 Å². The number of hydrogen-bond donors (Lipinski definition) is 2. The van der Waals surface area contributed by atoms with Crippen molar-refractivity contribution in [1.82, 2.24) is 15.5 Å². The van der Waals surface area contributed by atoms with Crippen molar-refractivity contribution in [3.8, 4) is 0 Å². The van der Waals surface area contributed by atoms with E-state index in [2.05, 4.69) is 20.8 Å². The monoisotopic (exact) mass is 260 g/mol. The van der Waals surface area contributed by atoms with Gasteiger partial charge in [-0.2, -0.15) is 0 Å². The molecule has 6 nitrogen and oxygen atoms in total. The molecule has 0 saturated carbocycles. The van der Waals surface area contributed by atoms with E-state index in [0.717, 1.165) is 12.3 Å². The Morgan fingerprint density at radius 1 is 1.26 bits per heavy atom. The highest BCUT2D eigenvalue weighted by molar-refractivity contribution is 5.92. The number of nitrogens with one attached hydrogen (secondary N) is 2. The van der Waals surface area contributed by atoms with Crippen LogP contribution in [-0.4, -0.2) is 22.6 Å². The lowest BCUT2D eigenvalue weighted by Gasteiger charge is -2.04. The van der Waals surface area contributed by atoms with Gasteiger partial charge in [0, 0.05) is 6.54 Å². The second-order valence-electron chi connectivity index (χ2n) is 4.03. The van der Waals surface area contributed by atoms with Crippen LogP contribution in [0.15, 0.2) is 28.7 Å². The van der Waals surface area contributed by atoms with Crippen LogP contribution >= 0.6 is 0 Å². The van der Waals surface area contributed by atoms with Gasteiger partial charge in [-0.15, -0.1) is 10.2 Å². The number of carbonyl (C=O) groups is 1. The summed E-state index contributed by atoms with van der Waals surface area (Å²) in [5.74, 6) is 1.91. The first-order chi connectivity index (χ1) is 9.19. The van der Waals surface area contributed by atoms with Gasteiger partial charge in [0.25, 0.3) is 5.91 Å². The van der Waals surface area contributed by atoms with Gasteiger partial charge in [0.05, 0.1) is 6.54 Å². The highest BCUT2D eigenvalue weighted by Crippen LogP contribution is 2.06. The molecule has 2 heterocycles. The van der Waals surface area contributed by atoms with Gasteiger partial charge in [0.1, 0.15) is 17.3 Å². The number of rotatable bonds is 5. The summed E-state index contributed by atoms with van der Waals surface area (Å²) in [7, 11) is 0. The van der Waals surface area contributed by atoms with E-state index in [1.807, 2.05) is 26.0 Å². The van der Waals surface area contributed by atoms with Gasteiger partial charge in [-0.3, -0.25) is 4.79 Å². The molecule has 0 spiro atoms. The Morgan fingerprint density at radius 3 is 2.68 bits per heavy atom. The standard InChI is InChI=1S/C13H16N4O2/c1-3-14-12-7-6-11(16-17-12)13(18)15-8-10-5-4-9(2)19-10/h4-7H,3,8H2,1-2H3,(H,14,17)(H,15,18). The van der Waals surface area contributed by atoms with Crippen molar-refractivity contribution in [1.29, 1.82) is 0 Å².